The van der Waals surface area contributed by atoms with Crippen molar-refractivity contribution in [2.45, 2.75) is 33.2 Å². The molecule has 1 aliphatic heterocycles. The zero-order chi connectivity index (χ0) is 32.4. The van der Waals surface area contributed by atoms with Crippen molar-refractivity contribution in [3.63, 3.8) is 0 Å². The Kier molecular flexibility index (Phi) is 12.0. The van der Waals surface area contributed by atoms with Gasteiger partial charge in [0, 0.05) is 36.9 Å². The summed E-state index contributed by atoms with van der Waals surface area (Å²) in [6.45, 7) is 3.94. The van der Waals surface area contributed by atoms with Crippen molar-refractivity contribution < 1.29 is 86.6 Å². The van der Waals surface area contributed by atoms with Crippen LogP contribution < -0.4 is 65.6 Å². The summed E-state index contributed by atoms with van der Waals surface area (Å²) >= 11 is 1.43. The monoisotopic (exact) mass is 703 g/mol. The van der Waals surface area contributed by atoms with Crippen LogP contribution in [0, 0.1) is 18.3 Å². The molecule has 0 bridgehead atoms. The predicted molar refractivity (Wildman–Crippen MR) is 171 cm³/mol. The van der Waals surface area contributed by atoms with Gasteiger partial charge >= 0.3 is 51.4 Å². The number of rotatable bonds is 11. The van der Waals surface area contributed by atoms with Gasteiger partial charge in [-0.05, 0) is 53.8 Å². The van der Waals surface area contributed by atoms with Crippen LogP contribution in [0.1, 0.15) is 35.9 Å². The fourth-order valence-corrected chi connectivity index (χ4v) is 7.20. The van der Waals surface area contributed by atoms with Gasteiger partial charge in [-0.3, -0.25) is 0 Å². The van der Waals surface area contributed by atoms with Crippen LogP contribution in [-0.4, -0.2) is 44.0 Å². The molecule has 0 amide bonds. The molecule has 14 heteroatoms. The van der Waals surface area contributed by atoms with Crippen LogP contribution in [0.15, 0.2) is 78.2 Å². The van der Waals surface area contributed by atoms with Gasteiger partial charge < -0.3 is 18.7 Å². The van der Waals surface area contributed by atoms with E-state index in [1.807, 2.05) is 79.1 Å². The maximum absolute atomic E-state index is 11.6. The Balaban J connectivity index is 0.00000480. The van der Waals surface area contributed by atoms with E-state index in [0.717, 1.165) is 37.5 Å². The van der Waals surface area contributed by atoms with E-state index in [2.05, 4.69) is 6.07 Å². The van der Waals surface area contributed by atoms with Gasteiger partial charge in [-0.15, -0.1) is 0 Å². The largest absolute Gasteiger partial charge is 1.00 e. The van der Waals surface area contributed by atoms with Crippen molar-refractivity contribution in [3.8, 4) is 22.9 Å². The molecule has 0 N–H and O–H groups in total. The molecule has 5 rings (SSSR count). The summed E-state index contributed by atoms with van der Waals surface area (Å²) in [7, 11) is -8.90. The number of benzene rings is 3. The van der Waals surface area contributed by atoms with Crippen molar-refractivity contribution in [2.75, 3.05) is 23.0 Å². The van der Waals surface area contributed by atoms with Gasteiger partial charge in [0.2, 0.25) is 11.4 Å². The molecule has 1 aliphatic rings. The van der Waals surface area contributed by atoms with Gasteiger partial charge in [-0.1, -0.05) is 54.7 Å². The molecule has 4 aromatic rings. The third kappa shape index (κ3) is 8.93. The predicted octanol–water partition coefficient (Wildman–Crippen LogP) is 2.05. The second-order valence-corrected chi connectivity index (χ2v) is 14.7. The Morgan fingerprint density at radius 3 is 2.39 bits per heavy atom. The number of hydrogen-bond acceptors (Lipinski definition) is 10. The van der Waals surface area contributed by atoms with E-state index < -0.39 is 31.7 Å². The van der Waals surface area contributed by atoms with Gasteiger partial charge in [-0.25, -0.2) is 16.8 Å². The fraction of sp³-hybridized carbons (Fsp3) is 0.250. The molecule has 234 valence electrons. The molecule has 0 atom stereocenters. The fourth-order valence-electron chi connectivity index (χ4n) is 5.13. The number of thiazole rings is 1. The van der Waals surface area contributed by atoms with Crippen LogP contribution in [0.4, 0.5) is 5.69 Å². The zero-order valence-electron chi connectivity index (χ0n) is 25.6. The van der Waals surface area contributed by atoms with E-state index in [1.165, 1.54) is 11.3 Å². The molecule has 2 heterocycles. The molecular weight excluding hydrogens is 674 g/mol. The number of aryl methyl sites for hydroxylation is 2. The average Bonchev–Trinajstić information content (AvgIpc) is 3.50. The minimum atomic E-state index is -4.51. The first-order valence-electron chi connectivity index (χ1n) is 14.2. The summed E-state index contributed by atoms with van der Waals surface area (Å²) in [4.78, 5) is 1.68. The van der Waals surface area contributed by atoms with Gasteiger partial charge in [-0.2, -0.15) is 9.83 Å². The third-order valence-electron chi connectivity index (χ3n) is 7.40. The summed E-state index contributed by atoms with van der Waals surface area (Å²) in [5, 5.41) is 10.3. The first kappa shape index (κ1) is 36.4. The van der Waals surface area contributed by atoms with Gasteiger partial charge in [0.25, 0.3) is 5.01 Å². The Hall–Kier alpha value is -2.42. The summed E-state index contributed by atoms with van der Waals surface area (Å²) in [5.41, 5.74) is 5.44. The minimum Gasteiger partial charge on any atom is -0.748 e. The molecule has 0 spiro atoms. The molecule has 0 saturated carbocycles. The summed E-state index contributed by atoms with van der Waals surface area (Å²) in [6, 6.07) is 21.2. The van der Waals surface area contributed by atoms with Crippen molar-refractivity contribution in [1.29, 1.82) is 5.26 Å². The Bertz CT molecular complexity index is 2090. The number of fused-ring (bicyclic) bond motifs is 2. The molecule has 46 heavy (non-hydrogen) atoms. The Labute approximate surface area is 315 Å². The van der Waals surface area contributed by atoms with E-state index >= 15 is 0 Å². The second kappa shape index (κ2) is 15.2. The summed E-state index contributed by atoms with van der Waals surface area (Å²) in [6.07, 6.45) is 4.39. The van der Waals surface area contributed by atoms with Crippen LogP contribution in [-0.2, 0) is 26.8 Å². The molecule has 0 aliphatic carbocycles. The molecule has 3 aromatic carbocycles. The number of hydrogen-bond donors (Lipinski definition) is 0. The van der Waals surface area contributed by atoms with Gasteiger partial charge in [0.05, 0.1) is 43.3 Å². The zero-order valence-corrected chi connectivity index (χ0v) is 31.2. The Morgan fingerprint density at radius 2 is 1.74 bits per heavy atom. The normalized spacial score (nSPS) is 14.2. The quantitative estimate of drug-likeness (QED) is 0.130. The van der Waals surface area contributed by atoms with Crippen molar-refractivity contribution >= 4 is 53.6 Å². The van der Waals surface area contributed by atoms with Crippen LogP contribution in [0.25, 0.3) is 27.4 Å². The van der Waals surface area contributed by atoms with Crippen LogP contribution in [0.2, 0.25) is 0 Å². The molecule has 0 unspecified atom stereocenters. The SMILES string of the molecule is CCC(=Cc1sc2cc(C#N)c(C)cc2[n+]1CCCS(=O)(=O)[O-])C=C1Oc2ccc(-c3ccccc3)cc2N1CCS(=O)(=O)[O-].[K+]. The third-order valence-corrected chi connectivity index (χ3v) is 9.97. The molecule has 0 saturated heterocycles. The summed E-state index contributed by atoms with van der Waals surface area (Å²) in [5.74, 6) is -0.239. The number of aromatic nitrogens is 1. The Morgan fingerprint density at radius 1 is 1.02 bits per heavy atom. The van der Waals surface area contributed by atoms with E-state index in [0.29, 0.717) is 29.3 Å². The van der Waals surface area contributed by atoms with Crippen molar-refractivity contribution in [1.82, 2.24) is 0 Å². The van der Waals surface area contributed by atoms with E-state index in [1.54, 1.807) is 17.0 Å². The number of nitriles is 1. The maximum Gasteiger partial charge on any atom is 1.00 e. The first-order chi connectivity index (χ1) is 21.3. The van der Waals surface area contributed by atoms with Crippen molar-refractivity contribution in [2.24, 2.45) is 0 Å². The number of nitrogens with zero attached hydrogens (tertiary/aromatic N) is 3. The molecule has 0 fully saturated rings. The molecule has 1 aromatic heterocycles. The van der Waals surface area contributed by atoms with Gasteiger partial charge in [0.1, 0.15) is 4.70 Å². The minimum absolute atomic E-state index is 0. The average molecular weight is 704 g/mol. The standard InChI is InChI=1S/C32H31N3O7S3.K/c1-3-23(18-32-35(12-7-14-44(36,37)38)28-16-22(2)26(21-33)20-30(28)43-32)17-31-34(13-15-45(39,40)41)27-19-25(10-11-29(27)42-31)24-8-5-4-6-9-24;/h4-6,8-11,16-20H,3,7,12-15H2,1-2H3,(H-,36,37,38,39,40,41);/q;+1/p-1. The number of anilines is 1. The van der Waals surface area contributed by atoms with E-state index in [9.17, 15) is 31.2 Å². The maximum atomic E-state index is 11.6. The molecule has 10 nitrogen and oxygen atoms in total. The molecular formula is C32H30KN3O7S3. The van der Waals surface area contributed by atoms with Crippen LogP contribution in [0.5, 0.6) is 5.75 Å². The van der Waals surface area contributed by atoms with Crippen LogP contribution >= 0.6 is 11.3 Å². The van der Waals surface area contributed by atoms with E-state index in [4.69, 9.17) is 4.74 Å². The second-order valence-electron chi connectivity index (χ2n) is 10.6. The topological polar surface area (TPSA) is 155 Å². The smallest absolute Gasteiger partial charge is 0.748 e. The van der Waals surface area contributed by atoms with E-state index in [-0.39, 0.29) is 70.9 Å². The van der Waals surface area contributed by atoms with Gasteiger partial charge in [0.15, 0.2) is 12.3 Å². The first-order valence-corrected chi connectivity index (χ1v) is 18.1. The number of ether oxygens (including phenoxy) is 1. The van der Waals surface area contributed by atoms with Crippen molar-refractivity contribution in [3.05, 3.63) is 94.3 Å². The number of allylic oxidation sites excluding steroid dienone is 2. The summed E-state index contributed by atoms with van der Waals surface area (Å²) < 4.78 is 77.8. The van der Waals surface area contributed by atoms with Crippen LogP contribution in [0.3, 0.4) is 0 Å². The molecule has 0 radical (unpaired) electrons.